The van der Waals surface area contributed by atoms with E-state index < -0.39 is 3.79 Å². The SMILES string of the molecule is ClC(Cl)(Cl)C1=NC(/C=C/c2c3ccccc3cc3ccccc23)CO1. The molecule has 4 rings (SSSR count). The summed E-state index contributed by atoms with van der Waals surface area (Å²) < 4.78 is 3.78. The first-order valence-corrected chi connectivity index (χ1v) is 9.02. The van der Waals surface area contributed by atoms with Crippen LogP contribution in [0.25, 0.3) is 27.6 Å². The number of aliphatic imine (C=N–C) groups is 1. The number of ether oxygens (including phenoxy) is 1. The maximum atomic E-state index is 5.83. The minimum atomic E-state index is -1.62. The number of nitrogens with zero attached hydrogens (tertiary/aromatic N) is 1. The van der Waals surface area contributed by atoms with Crippen molar-refractivity contribution in [2.45, 2.75) is 9.83 Å². The van der Waals surface area contributed by atoms with Crippen molar-refractivity contribution in [3.8, 4) is 0 Å². The van der Waals surface area contributed by atoms with Crippen LogP contribution in [-0.4, -0.2) is 22.3 Å². The lowest BCUT2D eigenvalue weighted by Crippen LogP contribution is -2.18. The Kier molecular flexibility index (Phi) is 4.36. The summed E-state index contributed by atoms with van der Waals surface area (Å²) in [5.41, 5.74) is 1.16. The fraction of sp³-hybridized carbons (Fsp3) is 0.150. The second-order valence-corrected chi connectivity index (χ2v) is 8.18. The van der Waals surface area contributed by atoms with Crippen molar-refractivity contribution in [1.82, 2.24) is 0 Å². The van der Waals surface area contributed by atoms with Crippen molar-refractivity contribution < 1.29 is 4.74 Å². The molecule has 1 aliphatic rings. The van der Waals surface area contributed by atoms with Crippen LogP contribution in [0.2, 0.25) is 0 Å². The van der Waals surface area contributed by atoms with Crippen molar-refractivity contribution >= 4 is 68.3 Å². The van der Waals surface area contributed by atoms with Gasteiger partial charge in [0.15, 0.2) is 0 Å². The van der Waals surface area contributed by atoms with Gasteiger partial charge in [-0.25, -0.2) is 4.99 Å². The number of hydrogen-bond donors (Lipinski definition) is 0. The van der Waals surface area contributed by atoms with Gasteiger partial charge in [0.25, 0.3) is 3.79 Å². The van der Waals surface area contributed by atoms with E-state index in [-0.39, 0.29) is 11.9 Å². The number of fused-ring (bicyclic) bond motifs is 2. The highest BCUT2D eigenvalue weighted by Crippen LogP contribution is 2.32. The maximum absolute atomic E-state index is 5.83. The van der Waals surface area contributed by atoms with Gasteiger partial charge >= 0.3 is 0 Å². The molecule has 3 aromatic carbocycles. The summed E-state index contributed by atoms with van der Waals surface area (Å²) in [6.07, 6.45) is 4.08. The normalized spacial score (nSPS) is 18.0. The lowest BCUT2D eigenvalue weighted by atomic mass is 9.96. The molecule has 0 fully saturated rings. The van der Waals surface area contributed by atoms with Crippen LogP contribution in [0, 0.1) is 0 Å². The van der Waals surface area contributed by atoms with Crippen LogP contribution < -0.4 is 0 Å². The smallest absolute Gasteiger partial charge is 0.266 e. The van der Waals surface area contributed by atoms with E-state index in [2.05, 4.69) is 41.4 Å². The number of alkyl halides is 3. The summed E-state index contributed by atoms with van der Waals surface area (Å²) in [5, 5.41) is 4.80. The van der Waals surface area contributed by atoms with E-state index in [4.69, 9.17) is 39.5 Å². The summed E-state index contributed by atoms with van der Waals surface area (Å²) in [6.45, 7) is 0.377. The molecule has 5 heteroatoms. The second kappa shape index (κ2) is 6.53. The van der Waals surface area contributed by atoms with Gasteiger partial charge < -0.3 is 4.74 Å². The van der Waals surface area contributed by atoms with Crippen LogP contribution in [0.5, 0.6) is 0 Å². The molecular formula is C20H14Cl3NO. The molecule has 3 aromatic rings. The van der Waals surface area contributed by atoms with E-state index in [1.807, 2.05) is 30.3 Å². The van der Waals surface area contributed by atoms with Gasteiger partial charge in [0.1, 0.15) is 12.6 Å². The minimum Gasteiger partial charge on any atom is -0.475 e. The molecule has 0 bridgehead atoms. The zero-order valence-corrected chi connectivity index (χ0v) is 15.4. The Hall–Kier alpha value is -1.74. The Bertz CT molecular complexity index is 951. The van der Waals surface area contributed by atoms with Crippen molar-refractivity contribution in [3.63, 3.8) is 0 Å². The highest BCUT2D eigenvalue weighted by atomic mass is 35.6. The predicted octanol–water partition coefficient (Wildman–Crippen LogP) is 6.17. The Morgan fingerprint density at radius 1 is 0.960 bits per heavy atom. The molecule has 0 saturated carbocycles. The van der Waals surface area contributed by atoms with E-state index >= 15 is 0 Å². The molecule has 0 amide bonds. The van der Waals surface area contributed by atoms with Crippen molar-refractivity contribution in [3.05, 3.63) is 66.2 Å². The average molecular weight is 391 g/mol. The molecule has 2 nitrogen and oxygen atoms in total. The monoisotopic (exact) mass is 389 g/mol. The molecule has 0 saturated heterocycles. The Labute approximate surface area is 160 Å². The molecular weight excluding hydrogens is 377 g/mol. The van der Waals surface area contributed by atoms with Crippen LogP contribution in [0.1, 0.15) is 5.56 Å². The lowest BCUT2D eigenvalue weighted by molar-refractivity contribution is 0.326. The average Bonchev–Trinajstić information content (AvgIpc) is 3.08. The van der Waals surface area contributed by atoms with Gasteiger partial charge in [-0.15, -0.1) is 0 Å². The largest absolute Gasteiger partial charge is 0.475 e. The van der Waals surface area contributed by atoms with E-state index in [9.17, 15) is 0 Å². The molecule has 0 N–H and O–H groups in total. The number of hydrogen-bond acceptors (Lipinski definition) is 2. The van der Waals surface area contributed by atoms with Gasteiger partial charge in [-0.1, -0.05) is 95.5 Å². The first kappa shape index (κ1) is 16.7. The highest BCUT2D eigenvalue weighted by molar-refractivity contribution is 6.76. The fourth-order valence-corrected chi connectivity index (χ4v) is 3.39. The molecule has 1 atom stereocenters. The molecule has 0 aliphatic carbocycles. The van der Waals surface area contributed by atoms with E-state index in [0.29, 0.717) is 6.61 Å². The Balaban J connectivity index is 1.79. The molecule has 1 unspecified atom stereocenters. The molecule has 1 aliphatic heterocycles. The quantitative estimate of drug-likeness (QED) is 0.378. The predicted molar refractivity (Wildman–Crippen MR) is 108 cm³/mol. The van der Waals surface area contributed by atoms with E-state index in [0.717, 1.165) is 5.56 Å². The summed E-state index contributed by atoms with van der Waals surface area (Å²) in [5.74, 6) is 0.148. The fourth-order valence-electron chi connectivity index (χ4n) is 3.08. The van der Waals surface area contributed by atoms with Crippen LogP contribution in [-0.2, 0) is 4.74 Å². The van der Waals surface area contributed by atoms with Gasteiger partial charge in [0, 0.05) is 0 Å². The van der Waals surface area contributed by atoms with Gasteiger partial charge in [-0.05, 0) is 33.2 Å². The van der Waals surface area contributed by atoms with E-state index in [1.54, 1.807) is 0 Å². The zero-order chi connectivity index (χ0) is 17.4. The highest BCUT2D eigenvalue weighted by Gasteiger charge is 2.34. The minimum absolute atomic E-state index is 0.148. The van der Waals surface area contributed by atoms with Gasteiger partial charge in [0.2, 0.25) is 5.90 Å². The third-order valence-electron chi connectivity index (χ3n) is 4.21. The van der Waals surface area contributed by atoms with Crippen LogP contribution in [0.3, 0.4) is 0 Å². The van der Waals surface area contributed by atoms with E-state index in [1.165, 1.54) is 21.5 Å². The third-order valence-corrected chi connectivity index (χ3v) is 4.70. The summed E-state index contributed by atoms with van der Waals surface area (Å²) >= 11 is 17.5. The van der Waals surface area contributed by atoms with Crippen molar-refractivity contribution in [2.75, 3.05) is 6.61 Å². The molecule has 0 aromatic heterocycles. The zero-order valence-electron chi connectivity index (χ0n) is 13.1. The van der Waals surface area contributed by atoms with Crippen molar-refractivity contribution in [2.24, 2.45) is 4.99 Å². The molecule has 1 heterocycles. The van der Waals surface area contributed by atoms with Crippen molar-refractivity contribution in [1.29, 1.82) is 0 Å². The summed E-state index contributed by atoms with van der Waals surface area (Å²) in [4.78, 5) is 4.35. The lowest BCUT2D eigenvalue weighted by Gasteiger charge is -2.08. The second-order valence-electron chi connectivity index (χ2n) is 5.90. The Morgan fingerprint density at radius 3 is 2.12 bits per heavy atom. The number of rotatable bonds is 2. The topological polar surface area (TPSA) is 21.6 Å². The van der Waals surface area contributed by atoms with Crippen LogP contribution in [0.15, 0.2) is 65.7 Å². The van der Waals surface area contributed by atoms with Crippen LogP contribution in [0.4, 0.5) is 0 Å². The third kappa shape index (κ3) is 3.35. The van der Waals surface area contributed by atoms with Gasteiger partial charge in [0.05, 0.1) is 0 Å². The molecule has 0 spiro atoms. The Morgan fingerprint density at radius 2 is 1.56 bits per heavy atom. The van der Waals surface area contributed by atoms with Gasteiger partial charge in [-0.2, -0.15) is 0 Å². The summed E-state index contributed by atoms with van der Waals surface area (Å²) in [6, 6.07) is 18.7. The standard InChI is InChI=1S/C20H14Cl3NO/c21-20(22,23)19-24-15(12-25-19)9-10-18-16-7-3-1-5-13(16)11-14-6-2-4-8-17(14)18/h1-11,15H,12H2/b10-9+. The first-order valence-electron chi connectivity index (χ1n) is 7.89. The first-order chi connectivity index (χ1) is 12.0. The summed E-state index contributed by atoms with van der Waals surface area (Å²) in [7, 11) is 0. The molecule has 126 valence electrons. The van der Waals surface area contributed by atoms with Crippen LogP contribution >= 0.6 is 34.8 Å². The molecule has 0 radical (unpaired) electrons. The number of benzene rings is 3. The number of halogens is 3. The maximum Gasteiger partial charge on any atom is 0.266 e. The molecule has 25 heavy (non-hydrogen) atoms. The van der Waals surface area contributed by atoms with Gasteiger partial charge in [-0.3, -0.25) is 0 Å².